The maximum atomic E-state index is 13.3. The molecule has 3 heterocycles. The molecule has 0 spiro atoms. The minimum absolute atomic E-state index is 0.107. The van der Waals surface area contributed by atoms with Gasteiger partial charge in [-0.15, -0.1) is 22.7 Å². The molecular formula is C25H28N4O2S2. The fourth-order valence-electron chi connectivity index (χ4n) is 5.15. The highest BCUT2D eigenvalue weighted by atomic mass is 32.1. The van der Waals surface area contributed by atoms with E-state index in [1.807, 2.05) is 0 Å². The molecule has 2 aliphatic carbocycles. The van der Waals surface area contributed by atoms with E-state index in [1.165, 1.54) is 32.0 Å². The first-order valence-electron chi connectivity index (χ1n) is 11.6. The van der Waals surface area contributed by atoms with Crippen molar-refractivity contribution in [2.75, 3.05) is 5.32 Å². The van der Waals surface area contributed by atoms with Crippen LogP contribution in [0.3, 0.4) is 0 Å². The zero-order valence-electron chi connectivity index (χ0n) is 19.3. The number of carbonyl (C=O) groups is 1. The predicted octanol–water partition coefficient (Wildman–Crippen LogP) is 5.06. The van der Waals surface area contributed by atoms with E-state index in [2.05, 4.69) is 37.1 Å². The molecule has 1 N–H and O–H groups in total. The fraction of sp³-hybridized carbons (Fsp3) is 0.520. The molecule has 0 fully saturated rings. The average molecular weight is 481 g/mol. The van der Waals surface area contributed by atoms with Crippen LogP contribution in [-0.2, 0) is 37.0 Å². The lowest BCUT2D eigenvalue weighted by Crippen LogP contribution is -2.29. The Hall–Kier alpha value is -2.50. The van der Waals surface area contributed by atoms with E-state index < -0.39 is 0 Å². The number of aryl methyl sites for hydroxylation is 2. The molecule has 1 amide bonds. The number of rotatable bonds is 3. The average Bonchev–Trinajstić information content (AvgIpc) is 3.32. The zero-order chi connectivity index (χ0) is 23.3. The first kappa shape index (κ1) is 22.3. The van der Waals surface area contributed by atoms with Crippen LogP contribution in [-0.4, -0.2) is 15.5 Å². The highest BCUT2D eigenvalue weighted by molar-refractivity contribution is 7.18. The Morgan fingerprint density at radius 2 is 2.00 bits per heavy atom. The van der Waals surface area contributed by atoms with Gasteiger partial charge in [0, 0.05) is 9.75 Å². The quantitative estimate of drug-likeness (QED) is 0.568. The number of nitriles is 1. The van der Waals surface area contributed by atoms with Gasteiger partial charge >= 0.3 is 0 Å². The minimum Gasteiger partial charge on any atom is -0.315 e. The van der Waals surface area contributed by atoms with E-state index in [1.54, 1.807) is 11.3 Å². The molecule has 0 aromatic carbocycles. The van der Waals surface area contributed by atoms with E-state index in [-0.39, 0.29) is 23.4 Å². The largest absolute Gasteiger partial charge is 0.315 e. The lowest BCUT2D eigenvalue weighted by Gasteiger charge is -2.33. The summed E-state index contributed by atoms with van der Waals surface area (Å²) in [7, 11) is 0. The second-order valence-corrected chi connectivity index (χ2v) is 12.4. The molecule has 172 valence electrons. The summed E-state index contributed by atoms with van der Waals surface area (Å²) in [6.45, 7) is 6.73. The second kappa shape index (κ2) is 8.37. The third-order valence-electron chi connectivity index (χ3n) is 7.11. The van der Waals surface area contributed by atoms with Gasteiger partial charge in [0.2, 0.25) is 5.91 Å². The van der Waals surface area contributed by atoms with E-state index in [9.17, 15) is 14.9 Å². The second-order valence-electron chi connectivity index (χ2n) is 10.2. The SMILES string of the molecule is CC(C)(C)C1CCc2c(sc3ncn(CC(=O)Nc4sc5c(c4C#N)CCCC5)c(=O)c23)C1. The van der Waals surface area contributed by atoms with Crippen molar-refractivity contribution >= 4 is 43.8 Å². The van der Waals surface area contributed by atoms with Crippen LogP contribution in [0.15, 0.2) is 11.1 Å². The molecule has 6 nitrogen and oxygen atoms in total. The van der Waals surface area contributed by atoms with Gasteiger partial charge in [-0.1, -0.05) is 20.8 Å². The van der Waals surface area contributed by atoms with Crippen molar-refractivity contribution in [3.05, 3.63) is 43.1 Å². The Morgan fingerprint density at radius 1 is 1.21 bits per heavy atom. The topological polar surface area (TPSA) is 87.8 Å². The monoisotopic (exact) mass is 480 g/mol. The third-order valence-corrected chi connectivity index (χ3v) is 9.48. The van der Waals surface area contributed by atoms with Crippen molar-refractivity contribution in [3.63, 3.8) is 0 Å². The van der Waals surface area contributed by atoms with Crippen LogP contribution in [0.25, 0.3) is 10.2 Å². The molecule has 3 aromatic rings. The molecule has 33 heavy (non-hydrogen) atoms. The van der Waals surface area contributed by atoms with Gasteiger partial charge in [0.05, 0.1) is 17.3 Å². The number of hydrogen-bond acceptors (Lipinski definition) is 6. The number of carbonyl (C=O) groups excluding carboxylic acids is 1. The summed E-state index contributed by atoms with van der Waals surface area (Å²) in [5, 5.41) is 13.8. The lowest BCUT2D eigenvalue weighted by molar-refractivity contribution is -0.116. The van der Waals surface area contributed by atoms with E-state index in [0.29, 0.717) is 21.9 Å². The van der Waals surface area contributed by atoms with Crippen LogP contribution >= 0.6 is 22.7 Å². The molecule has 0 aliphatic heterocycles. The smallest absolute Gasteiger partial charge is 0.262 e. The van der Waals surface area contributed by atoms with Crippen LogP contribution in [0, 0.1) is 22.7 Å². The van der Waals surface area contributed by atoms with Gasteiger partial charge in [0.25, 0.3) is 5.56 Å². The van der Waals surface area contributed by atoms with Crippen LogP contribution in [0.2, 0.25) is 0 Å². The molecule has 2 aliphatic rings. The summed E-state index contributed by atoms with van der Waals surface area (Å²) >= 11 is 3.12. The van der Waals surface area contributed by atoms with E-state index in [4.69, 9.17) is 0 Å². The third kappa shape index (κ3) is 4.02. The Kier molecular flexibility index (Phi) is 5.66. The number of hydrogen-bond donors (Lipinski definition) is 1. The number of nitrogens with zero attached hydrogens (tertiary/aromatic N) is 3. The van der Waals surface area contributed by atoms with Crippen molar-refractivity contribution in [1.29, 1.82) is 5.26 Å². The summed E-state index contributed by atoms with van der Waals surface area (Å²) in [4.78, 5) is 33.9. The molecule has 0 bridgehead atoms. The van der Waals surface area contributed by atoms with Crippen molar-refractivity contribution in [2.45, 2.75) is 72.3 Å². The van der Waals surface area contributed by atoms with Crippen molar-refractivity contribution in [2.24, 2.45) is 11.3 Å². The first-order valence-corrected chi connectivity index (χ1v) is 13.2. The molecule has 3 aromatic heterocycles. The molecule has 0 radical (unpaired) electrons. The van der Waals surface area contributed by atoms with Gasteiger partial charge in [-0.25, -0.2) is 4.98 Å². The summed E-state index contributed by atoms with van der Waals surface area (Å²) in [6.07, 6.45) is 8.47. The van der Waals surface area contributed by atoms with Crippen LogP contribution in [0.4, 0.5) is 5.00 Å². The van der Waals surface area contributed by atoms with Gasteiger partial charge in [-0.3, -0.25) is 14.2 Å². The van der Waals surface area contributed by atoms with Gasteiger partial charge < -0.3 is 5.32 Å². The highest BCUT2D eigenvalue weighted by Gasteiger charge is 2.32. The normalized spacial score (nSPS) is 17.9. The zero-order valence-corrected chi connectivity index (χ0v) is 20.9. The maximum absolute atomic E-state index is 13.3. The Bertz CT molecular complexity index is 1350. The Labute approximate surface area is 201 Å². The van der Waals surface area contributed by atoms with Gasteiger partial charge in [0.15, 0.2) is 0 Å². The van der Waals surface area contributed by atoms with Gasteiger partial charge in [-0.2, -0.15) is 5.26 Å². The number of thiophene rings is 2. The lowest BCUT2D eigenvalue weighted by atomic mass is 9.72. The molecule has 1 unspecified atom stereocenters. The number of fused-ring (bicyclic) bond motifs is 4. The number of nitrogens with one attached hydrogen (secondary N) is 1. The van der Waals surface area contributed by atoms with Crippen molar-refractivity contribution < 1.29 is 4.79 Å². The molecule has 0 saturated carbocycles. The molecule has 5 rings (SSSR count). The summed E-state index contributed by atoms with van der Waals surface area (Å²) in [5.74, 6) is 0.294. The van der Waals surface area contributed by atoms with E-state index >= 15 is 0 Å². The Balaban J connectivity index is 1.40. The molecular weight excluding hydrogens is 452 g/mol. The van der Waals surface area contributed by atoms with Crippen LogP contribution in [0.1, 0.15) is 66.5 Å². The summed E-state index contributed by atoms with van der Waals surface area (Å²) in [5.41, 5.74) is 2.89. The molecule has 8 heteroatoms. The predicted molar refractivity (Wildman–Crippen MR) is 133 cm³/mol. The number of anilines is 1. The van der Waals surface area contributed by atoms with Crippen LogP contribution < -0.4 is 10.9 Å². The standard InChI is InChI=1S/C25H28N4O2S2/c1-25(2,3)14-8-9-16-19(10-14)33-23-21(16)24(31)29(13-27-23)12-20(30)28-22-17(11-26)15-6-4-5-7-18(15)32-22/h13-14H,4-10,12H2,1-3H3,(H,28,30). The maximum Gasteiger partial charge on any atom is 0.262 e. The van der Waals surface area contributed by atoms with Crippen molar-refractivity contribution in [3.8, 4) is 6.07 Å². The Morgan fingerprint density at radius 3 is 2.76 bits per heavy atom. The number of amides is 1. The van der Waals surface area contributed by atoms with Gasteiger partial charge in [0.1, 0.15) is 22.4 Å². The molecule has 1 atom stereocenters. The number of aromatic nitrogens is 2. The van der Waals surface area contributed by atoms with Crippen molar-refractivity contribution in [1.82, 2.24) is 9.55 Å². The summed E-state index contributed by atoms with van der Waals surface area (Å²) < 4.78 is 1.40. The minimum atomic E-state index is -0.301. The first-order chi connectivity index (χ1) is 15.8. The van der Waals surface area contributed by atoms with Crippen LogP contribution in [0.5, 0.6) is 0 Å². The fourth-order valence-corrected chi connectivity index (χ4v) is 7.66. The van der Waals surface area contributed by atoms with Gasteiger partial charge in [-0.05, 0) is 67.4 Å². The summed E-state index contributed by atoms with van der Waals surface area (Å²) in [6, 6.07) is 2.27. The van der Waals surface area contributed by atoms with E-state index in [0.717, 1.165) is 60.9 Å². The highest BCUT2D eigenvalue weighted by Crippen LogP contribution is 2.42. The molecule has 0 saturated heterocycles.